The molecule has 0 bridgehead atoms. The lowest BCUT2D eigenvalue weighted by atomic mass is 9.97. The van der Waals surface area contributed by atoms with E-state index in [0.717, 1.165) is 6.04 Å². The Morgan fingerprint density at radius 2 is 1.35 bits per heavy atom. The Kier molecular flexibility index (Phi) is 11.0. The van der Waals surface area contributed by atoms with Crippen LogP contribution in [-0.2, 0) is 0 Å². The van der Waals surface area contributed by atoms with Crippen LogP contribution in [0.3, 0.4) is 0 Å². The van der Waals surface area contributed by atoms with E-state index in [4.69, 9.17) is 0 Å². The SMILES string of the molecule is CCCC(NC)C(CCC)N(CCC)CCC. The lowest BCUT2D eigenvalue weighted by Gasteiger charge is -2.37. The second-order valence-corrected chi connectivity index (χ2v) is 5.08. The Bertz CT molecular complexity index is 153. The standard InChI is InChI=1S/C15H34N2/c1-6-10-14(16-5)15(11-7-2)17(12-8-3)13-9-4/h14-16H,6-13H2,1-5H3. The van der Waals surface area contributed by atoms with Gasteiger partial charge in [-0.1, -0.05) is 40.5 Å². The number of nitrogens with zero attached hydrogens (tertiary/aromatic N) is 1. The Morgan fingerprint density at radius 1 is 0.824 bits per heavy atom. The molecular formula is C15H34N2. The molecule has 0 saturated carbocycles. The molecule has 104 valence electrons. The zero-order chi connectivity index (χ0) is 13.1. The van der Waals surface area contributed by atoms with Gasteiger partial charge in [0.25, 0.3) is 0 Å². The van der Waals surface area contributed by atoms with Crippen LogP contribution in [0.25, 0.3) is 0 Å². The van der Waals surface area contributed by atoms with Crippen LogP contribution in [0.5, 0.6) is 0 Å². The van der Waals surface area contributed by atoms with Crippen molar-refractivity contribution in [2.45, 2.75) is 78.3 Å². The van der Waals surface area contributed by atoms with Crippen LogP contribution >= 0.6 is 0 Å². The van der Waals surface area contributed by atoms with Crippen LogP contribution in [0.1, 0.15) is 66.2 Å². The zero-order valence-corrected chi connectivity index (χ0v) is 12.8. The Morgan fingerprint density at radius 3 is 1.71 bits per heavy atom. The molecule has 0 aromatic heterocycles. The minimum absolute atomic E-state index is 0.665. The summed E-state index contributed by atoms with van der Waals surface area (Å²) in [5.41, 5.74) is 0. The predicted octanol–water partition coefficient (Wildman–Crippen LogP) is 3.67. The molecule has 0 saturated heterocycles. The summed E-state index contributed by atoms with van der Waals surface area (Å²) in [6.45, 7) is 11.7. The van der Waals surface area contributed by atoms with E-state index in [-0.39, 0.29) is 0 Å². The van der Waals surface area contributed by atoms with Gasteiger partial charge in [0.15, 0.2) is 0 Å². The maximum absolute atomic E-state index is 3.54. The zero-order valence-electron chi connectivity index (χ0n) is 12.8. The molecule has 1 N–H and O–H groups in total. The molecule has 2 unspecified atom stereocenters. The molecule has 0 radical (unpaired) electrons. The molecule has 2 atom stereocenters. The van der Waals surface area contributed by atoms with Crippen molar-refractivity contribution < 1.29 is 0 Å². The van der Waals surface area contributed by atoms with Crippen molar-refractivity contribution >= 4 is 0 Å². The lowest BCUT2D eigenvalue weighted by molar-refractivity contribution is 0.144. The van der Waals surface area contributed by atoms with Gasteiger partial charge in [-0.25, -0.2) is 0 Å². The lowest BCUT2D eigenvalue weighted by Crippen LogP contribution is -2.49. The fourth-order valence-corrected chi connectivity index (χ4v) is 2.79. The third-order valence-electron chi connectivity index (χ3n) is 3.51. The van der Waals surface area contributed by atoms with Gasteiger partial charge in [0.2, 0.25) is 0 Å². The van der Waals surface area contributed by atoms with Crippen LogP contribution < -0.4 is 5.32 Å². The fourth-order valence-electron chi connectivity index (χ4n) is 2.79. The molecule has 0 spiro atoms. The maximum Gasteiger partial charge on any atom is 0.0249 e. The number of rotatable bonds is 11. The van der Waals surface area contributed by atoms with Gasteiger partial charge in [-0.05, 0) is 45.8 Å². The van der Waals surface area contributed by atoms with E-state index in [1.165, 1.54) is 51.6 Å². The summed E-state index contributed by atoms with van der Waals surface area (Å²) in [5.74, 6) is 0. The van der Waals surface area contributed by atoms with Gasteiger partial charge in [0, 0.05) is 12.1 Å². The molecule has 0 aliphatic carbocycles. The van der Waals surface area contributed by atoms with Crippen LogP contribution in [0.4, 0.5) is 0 Å². The van der Waals surface area contributed by atoms with Crippen molar-refractivity contribution in [3.63, 3.8) is 0 Å². The number of nitrogens with one attached hydrogen (secondary N) is 1. The number of hydrogen-bond donors (Lipinski definition) is 1. The Hall–Kier alpha value is -0.0800. The topological polar surface area (TPSA) is 15.3 Å². The summed E-state index contributed by atoms with van der Waals surface area (Å²) < 4.78 is 0. The minimum atomic E-state index is 0.665. The average Bonchev–Trinajstić information content (AvgIpc) is 2.33. The summed E-state index contributed by atoms with van der Waals surface area (Å²) in [6, 6.07) is 1.39. The van der Waals surface area contributed by atoms with E-state index in [2.05, 4.69) is 45.0 Å². The summed E-state index contributed by atoms with van der Waals surface area (Å²) in [6.07, 6.45) is 7.72. The Balaban J connectivity index is 4.60. The second-order valence-electron chi connectivity index (χ2n) is 5.08. The van der Waals surface area contributed by atoms with E-state index in [1.807, 2.05) is 0 Å². The van der Waals surface area contributed by atoms with Crippen molar-refractivity contribution in [3.8, 4) is 0 Å². The molecule has 0 aromatic rings. The van der Waals surface area contributed by atoms with Gasteiger partial charge in [-0.3, -0.25) is 4.90 Å². The van der Waals surface area contributed by atoms with Crippen LogP contribution in [0.2, 0.25) is 0 Å². The third kappa shape index (κ3) is 6.42. The van der Waals surface area contributed by atoms with Gasteiger partial charge in [0.1, 0.15) is 0 Å². The molecule has 0 fully saturated rings. The van der Waals surface area contributed by atoms with Crippen molar-refractivity contribution in [3.05, 3.63) is 0 Å². The number of hydrogen-bond acceptors (Lipinski definition) is 2. The molecular weight excluding hydrogens is 208 g/mol. The predicted molar refractivity (Wildman–Crippen MR) is 78.6 cm³/mol. The van der Waals surface area contributed by atoms with Gasteiger partial charge in [-0.15, -0.1) is 0 Å². The van der Waals surface area contributed by atoms with E-state index < -0.39 is 0 Å². The minimum Gasteiger partial charge on any atom is -0.315 e. The van der Waals surface area contributed by atoms with Gasteiger partial charge >= 0.3 is 0 Å². The van der Waals surface area contributed by atoms with Gasteiger partial charge in [-0.2, -0.15) is 0 Å². The highest BCUT2D eigenvalue weighted by Gasteiger charge is 2.23. The summed E-state index contributed by atoms with van der Waals surface area (Å²) in [4.78, 5) is 2.71. The second kappa shape index (κ2) is 11.0. The normalized spacial score (nSPS) is 15.2. The average molecular weight is 242 g/mol. The first-order chi connectivity index (χ1) is 8.24. The maximum atomic E-state index is 3.54. The first-order valence-corrected chi connectivity index (χ1v) is 7.66. The van der Waals surface area contributed by atoms with Crippen molar-refractivity contribution in [2.75, 3.05) is 20.1 Å². The van der Waals surface area contributed by atoms with Crippen LogP contribution in [0.15, 0.2) is 0 Å². The fraction of sp³-hybridized carbons (Fsp3) is 1.00. The van der Waals surface area contributed by atoms with Crippen LogP contribution in [0, 0.1) is 0 Å². The smallest absolute Gasteiger partial charge is 0.0249 e. The van der Waals surface area contributed by atoms with E-state index >= 15 is 0 Å². The van der Waals surface area contributed by atoms with Crippen molar-refractivity contribution in [1.29, 1.82) is 0 Å². The molecule has 2 nitrogen and oxygen atoms in total. The van der Waals surface area contributed by atoms with Crippen molar-refractivity contribution in [1.82, 2.24) is 10.2 Å². The molecule has 0 aliphatic heterocycles. The summed E-state index contributed by atoms with van der Waals surface area (Å²) >= 11 is 0. The summed E-state index contributed by atoms with van der Waals surface area (Å²) in [5, 5.41) is 3.54. The largest absolute Gasteiger partial charge is 0.315 e. The molecule has 0 amide bonds. The molecule has 0 aliphatic rings. The summed E-state index contributed by atoms with van der Waals surface area (Å²) in [7, 11) is 2.12. The first kappa shape index (κ1) is 16.9. The molecule has 17 heavy (non-hydrogen) atoms. The van der Waals surface area contributed by atoms with Gasteiger partial charge in [0.05, 0.1) is 0 Å². The highest BCUT2D eigenvalue weighted by atomic mass is 15.2. The first-order valence-electron chi connectivity index (χ1n) is 7.66. The monoisotopic (exact) mass is 242 g/mol. The quantitative estimate of drug-likeness (QED) is 0.595. The van der Waals surface area contributed by atoms with Crippen LogP contribution in [-0.4, -0.2) is 37.1 Å². The van der Waals surface area contributed by atoms with Crippen molar-refractivity contribution in [2.24, 2.45) is 0 Å². The number of likely N-dealkylation sites (N-methyl/N-ethyl adjacent to an activating group) is 1. The van der Waals surface area contributed by atoms with E-state index in [9.17, 15) is 0 Å². The Labute approximate surface area is 109 Å². The van der Waals surface area contributed by atoms with Gasteiger partial charge < -0.3 is 5.32 Å². The highest BCUT2D eigenvalue weighted by Crippen LogP contribution is 2.16. The van der Waals surface area contributed by atoms with E-state index in [1.54, 1.807) is 0 Å². The van der Waals surface area contributed by atoms with E-state index in [0.29, 0.717) is 6.04 Å². The molecule has 0 aromatic carbocycles. The molecule has 0 rings (SSSR count). The highest BCUT2D eigenvalue weighted by molar-refractivity contribution is 4.83. The molecule has 2 heteroatoms. The third-order valence-corrected chi connectivity index (χ3v) is 3.51. The molecule has 0 heterocycles.